The van der Waals surface area contributed by atoms with Gasteiger partial charge in [-0.3, -0.25) is 0 Å². The molecule has 1 rings (SSSR count). The van der Waals surface area contributed by atoms with Gasteiger partial charge in [0.2, 0.25) is 0 Å². The first-order valence-electron chi connectivity index (χ1n) is 4.66. The summed E-state index contributed by atoms with van der Waals surface area (Å²) in [5.41, 5.74) is 2.61. The molecule has 0 atom stereocenters. The van der Waals surface area contributed by atoms with Crippen molar-refractivity contribution in [1.29, 1.82) is 5.26 Å². The summed E-state index contributed by atoms with van der Waals surface area (Å²) < 4.78 is 0.955. The lowest BCUT2D eigenvalue weighted by Gasteiger charge is -2.07. The number of allylic oxidation sites excluding steroid dienone is 1. The van der Waals surface area contributed by atoms with Crippen molar-refractivity contribution in [3.8, 4) is 6.07 Å². The van der Waals surface area contributed by atoms with E-state index in [1.807, 2.05) is 32.0 Å². The maximum Gasteiger partial charge on any atom is 0.0962 e. The summed E-state index contributed by atoms with van der Waals surface area (Å²) in [6.45, 7) is 3.92. The van der Waals surface area contributed by atoms with Gasteiger partial charge in [-0.25, -0.2) is 0 Å². The molecule has 0 aliphatic heterocycles. The van der Waals surface area contributed by atoms with Gasteiger partial charge in [-0.15, -0.1) is 0 Å². The second kappa shape index (κ2) is 5.34. The quantitative estimate of drug-likeness (QED) is 0.726. The van der Waals surface area contributed by atoms with Gasteiger partial charge in [0.1, 0.15) is 0 Å². The maximum absolute atomic E-state index is 8.91. The Kier molecular flexibility index (Phi) is 4.38. The number of nitriles is 1. The second-order valence-electron chi connectivity index (χ2n) is 3.19. The van der Waals surface area contributed by atoms with Crippen LogP contribution in [0.1, 0.15) is 24.5 Å². The molecule has 0 aliphatic carbocycles. The normalized spacial score (nSPS) is 11.9. The molecule has 1 nitrogen and oxygen atoms in total. The van der Waals surface area contributed by atoms with Crippen LogP contribution in [0.5, 0.6) is 0 Å². The van der Waals surface area contributed by atoms with Crippen molar-refractivity contribution in [1.82, 2.24) is 0 Å². The van der Waals surface area contributed by atoms with Gasteiger partial charge >= 0.3 is 0 Å². The highest BCUT2D eigenvalue weighted by Crippen LogP contribution is 2.32. The first kappa shape index (κ1) is 12.3. The Morgan fingerprint density at radius 2 is 2.20 bits per heavy atom. The minimum Gasteiger partial charge on any atom is -0.193 e. The molecule has 15 heavy (non-hydrogen) atoms. The van der Waals surface area contributed by atoms with Crippen molar-refractivity contribution in [3.05, 3.63) is 39.4 Å². The van der Waals surface area contributed by atoms with Crippen molar-refractivity contribution in [2.45, 2.75) is 20.3 Å². The van der Waals surface area contributed by atoms with Gasteiger partial charge in [-0.1, -0.05) is 36.7 Å². The largest absolute Gasteiger partial charge is 0.193 e. The van der Waals surface area contributed by atoms with E-state index in [2.05, 4.69) is 22.0 Å². The third-order valence-corrected chi connectivity index (χ3v) is 3.67. The van der Waals surface area contributed by atoms with Crippen molar-refractivity contribution in [3.63, 3.8) is 0 Å². The van der Waals surface area contributed by atoms with Crippen molar-refractivity contribution >= 4 is 32.6 Å². The highest BCUT2D eigenvalue weighted by atomic mass is 79.9. The van der Waals surface area contributed by atoms with Gasteiger partial charge in [0.15, 0.2) is 0 Å². The standard InChI is InChI=1S/C12H11BrClN/c1-3-9(7-15)12(14)10-6-4-5-8(2)11(10)13/h4-6H,3H2,1-2H3/b12-9-. The summed E-state index contributed by atoms with van der Waals surface area (Å²) in [5, 5.41) is 9.45. The Balaban J connectivity index is 3.35. The zero-order valence-electron chi connectivity index (χ0n) is 8.64. The number of nitrogens with zero attached hydrogens (tertiary/aromatic N) is 1. The fourth-order valence-electron chi connectivity index (χ4n) is 1.26. The van der Waals surface area contributed by atoms with Gasteiger partial charge in [0.05, 0.1) is 11.1 Å². The number of hydrogen-bond acceptors (Lipinski definition) is 1. The van der Waals surface area contributed by atoms with Gasteiger partial charge in [-0.2, -0.15) is 5.26 Å². The van der Waals surface area contributed by atoms with E-state index >= 15 is 0 Å². The fourth-order valence-corrected chi connectivity index (χ4v) is 2.17. The van der Waals surface area contributed by atoms with E-state index in [1.54, 1.807) is 0 Å². The fraction of sp³-hybridized carbons (Fsp3) is 0.250. The minimum atomic E-state index is 0.538. The van der Waals surface area contributed by atoms with Gasteiger partial charge in [0.25, 0.3) is 0 Å². The van der Waals surface area contributed by atoms with Crippen LogP contribution in [0.4, 0.5) is 0 Å². The summed E-state index contributed by atoms with van der Waals surface area (Å²) in [7, 11) is 0. The first-order valence-corrected chi connectivity index (χ1v) is 5.83. The Morgan fingerprint density at radius 1 is 1.53 bits per heavy atom. The third-order valence-electron chi connectivity index (χ3n) is 2.18. The molecule has 0 N–H and O–H groups in total. The van der Waals surface area contributed by atoms with E-state index in [-0.39, 0.29) is 0 Å². The topological polar surface area (TPSA) is 23.8 Å². The molecule has 1 aromatic rings. The number of aryl methyl sites for hydroxylation is 1. The maximum atomic E-state index is 8.91. The van der Waals surface area contributed by atoms with Gasteiger partial charge in [0, 0.05) is 15.6 Å². The first-order chi connectivity index (χ1) is 7.11. The van der Waals surface area contributed by atoms with Crippen LogP contribution in [0.15, 0.2) is 28.2 Å². The molecule has 0 saturated heterocycles. The summed E-state index contributed by atoms with van der Waals surface area (Å²) in [4.78, 5) is 0. The zero-order chi connectivity index (χ0) is 11.4. The smallest absolute Gasteiger partial charge is 0.0962 e. The number of rotatable bonds is 2. The van der Waals surface area contributed by atoms with E-state index in [0.717, 1.165) is 15.6 Å². The predicted octanol–water partition coefficient (Wildman–Crippen LogP) is 4.64. The molecule has 0 saturated carbocycles. The molecule has 78 valence electrons. The molecule has 0 aliphatic rings. The Hall–Kier alpha value is -0.780. The molecule has 1 aromatic carbocycles. The minimum absolute atomic E-state index is 0.538. The van der Waals surface area contributed by atoms with Crippen molar-refractivity contribution in [2.24, 2.45) is 0 Å². The SMILES string of the molecule is CC/C(C#N)=C(/Cl)c1cccc(C)c1Br. The Bertz CT molecular complexity index is 443. The second-order valence-corrected chi connectivity index (χ2v) is 4.37. The average molecular weight is 285 g/mol. The Labute approximate surface area is 103 Å². The molecule has 0 spiro atoms. The van der Waals surface area contributed by atoms with Crippen LogP contribution in [-0.4, -0.2) is 0 Å². The predicted molar refractivity (Wildman–Crippen MR) is 67.6 cm³/mol. The molecule has 0 radical (unpaired) electrons. The van der Waals surface area contributed by atoms with E-state index in [0.29, 0.717) is 17.0 Å². The molecule has 3 heteroatoms. The highest BCUT2D eigenvalue weighted by molar-refractivity contribution is 9.10. The zero-order valence-corrected chi connectivity index (χ0v) is 11.0. The summed E-state index contributed by atoms with van der Waals surface area (Å²) >= 11 is 9.66. The van der Waals surface area contributed by atoms with Crippen LogP contribution < -0.4 is 0 Å². The van der Waals surface area contributed by atoms with Crippen LogP contribution in [-0.2, 0) is 0 Å². The van der Waals surface area contributed by atoms with E-state index in [9.17, 15) is 0 Å². The number of hydrogen-bond donors (Lipinski definition) is 0. The molecule has 0 unspecified atom stereocenters. The lowest BCUT2D eigenvalue weighted by molar-refractivity contribution is 1.16. The summed E-state index contributed by atoms with van der Waals surface area (Å²) in [6.07, 6.45) is 0.649. The van der Waals surface area contributed by atoms with Crippen molar-refractivity contribution < 1.29 is 0 Å². The molecule has 0 heterocycles. The molecular weight excluding hydrogens is 273 g/mol. The van der Waals surface area contributed by atoms with Crippen molar-refractivity contribution in [2.75, 3.05) is 0 Å². The van der Waals surface area contributed by atoms with E-state index in [1.165, 1.54) is 0 Å². The van der Waals surface area contributed by atoms with Gasteiger partial charge < -0.3 is 0 Å². The van der Waals surface area contributed by atoms with Crippen LogP contribution >= 0.6 is 27.5 Å². The molecule has 0 bridgehead atoms. The summed E-state index contributed by atoms with van der Waals surface area (Å²) in [5.74, 6) is 0. The average Bonchev–Trinajstić information content (AvgIpc) is 2.23. The molecule has 0 aromatic heterocycles. The molecule has 0 amide bonds. The number of benzene rings is 1. The molecular formula is C12H11BrClN. The van der Waals surface area contributed by atoms with E-state index in [4.69, 9.17) is 16.9 Å². The van der Waals surface area contributed by atoms with Crippen LogP contribution in [0.2, 0.25) is 0 Å². The van der Waals surface area contributed by atoms with E-state index < -0.39 is 0 Å². The summed E-state index contributed by atoms with van der Waals surface area (Å²) in [6, 6.07) is 7.96. The molecule has 0 fully saturated rings. The lowest BCUT2D eigenvalue weighted by atomic mass is 10.1. The lowest BCUT2D eigenvalue weighted by Crippen LogP contribution is -1.87. The number of halogens is 2. The Morgan fingerprint density at radius 3 is 2.73 bits per heavy atom. The van der Waals surface area contributed by atoms with Crippen LogP contribution in [0.3, 0.4) is 0 Å². The van der Waals surface area contributed by atoms with Crippen LogP contribution in [0, 0.1) is 18.3 Å². The monoisotopic (exact) mass is 283 g/mol. The highest BCUT2D eigenvalue weighted by Gasteiger charge is 2.09. The van der Waals surface area contributed by atoms with Crippen LogP contribution in [0.25, 0.3) is 5.03 Å². The third kappa shape index (κ3) is 2.62. The van der Waals surface area contributed by atoms with Gasteiger partial charge in [-0.05, 0) is 34.8 Å².